The lowest BCUT2D eigenvalue weighted by Gasteiger charge is -2.40. The third-order valence-corrected chi connectivity index (χ3v) is 4.41. The maximum absolute atomic E-state index is 11.3. The number of rotatable bonds is 3. The van der Waals surface area contributed by atoms with Crippen molar-refractivity contribution in [3.63, 3.8) is 0 Å². The molecule has 1 aliphatic heterocycles. The Labute approximate surface area is 97.8 Å². The van der Waals surface area contributed by atoms with Gasteiger partial charge in [0, 0.05) is 6.04 Å². The lowest BCUT2D eigenvalue weighted by molar-refractivity contribution is -0.146. The normalized spacial score (nSPS) is 33.1. The second-order valence-corrected chi connectivity index (χ2v) is 5.33. The molecule has 1 aliphatic carbocycles. The van der Waals surface area contributed by atoms with E-state index in [-0.39, 0.29) is 6.04 Å². The first kappa shape index (κ1) is 11.9. The first-order valence-electron chi connectivity index (χ1n) is 6.71. The summed E-state index contributed by atoms with van der Waals surface area (Å²) in [5.41, 5.74) is 0. The lowest BCUT2D eigenvalue weighted by Crippen LogP contribution is -2.51. The summed E-state index contributed by atoms with van der Waals surface area (Å²) in [6.07, 6.45) is 8.16. The molecular formula is C13H23NO2. The molecule has 3 nitrogen and oxygen atoms in total. The number of carboxylic acid groups (broad SMARTS) is 1. The third kappa shape index (κ3) is 2.40. The van der Waals surface area contributed by atoms with E-state index < -0.39 is 5.97 Å². The summed E-state index contributed by atoms with van der Waals surface area (Å²) in [6.45, 7) is 3.18. The highest BCUT2D eigenvalue weighted by atomic mass is 16.4. The maximum Gasteiger partial charge on any atom is 0.320 e. The molecule has 0 aromatic heterocycles. The van der Waals surface area contributed by atoms with Crippen LogP contribution in [0.3, 0.4) is 0 Å². The molecule has 1 N–H and O–H groups in total. The Morgan fingerprint density at radius 2 is 2.00 bits per heavy atom. The summed E-state index contributed by atoms with van der Waals surface area (Å²) in [5, 5.41) is 9.34. The molecule has 0 aromatic carbocycles. The van der Waals surface area contributed by atoms with Gasteiger partial charge in [0.2, 0.25) is 0 Å². The van der Waals surface area contributed by atoms with Crippen molar-refractivity contribution in [1.82, 2.24) is 4.90 Å². The van der Waals surface area contributed by atoms with E-state index in [0.29, 0.717) is 12.0 Å². The maximum atomic E-state index is 11.3. The van der Waals surface area contributed by atoms with Gasteiger partial charge in [0.05, 0.1) is 0 Å². The highest BCUT2D eigenvalue weighted by molar-refractivity contribution is 5.73. The molecule has 2 fully saturated rings. The van der Waals surface area contributed by atoms with E-state index in [1.54, 1.807) is 0 Å². The van der Waals surface area contributed by atoms with Crippen LogP contribution in [0.15, 0.2) is 0 Å². The van der Waals surface area contributed by atoms with Crippen LogP contribution < -0.4 is 0 Å². The lowest BCUT2D eigenvalue weighted by atomic mass is 9.87. The van der Waals surface area contributed by atoms with Gasteiger partial charge in [-0.1, -0.05) is 26.2 Å². The number of carbonyl (C=O) groups is 1. The van der Waals surface area contributed by atoms with Crippen LogP contribution in [0.2, 0.25) is 0 Å². The fourth-order valence-corrected chi connectivity index (χ4v) is 3.34. The molecule has 0 spiro atoms. The molecule has 1 heterocycles. The zero-order valence-corrected chi connectivity index (χ0v) is 10.2. The van der Waals surface area contributed by atoms with E-state index >= 15 is 0 Å². The van der Waals surface area contributed by atoms with E-state index in [1.165, 1.54) is 32.1 Å². The van der Waals surface area contributed by atoms with E-state index in [4.69, 9.17) is 0 Å². The number of likely N-dealkylation sites (tertiary alicyclic amines) is 1. The fraction of sp³-hybridized carbons (Fsp3) is 0.923. The largest absolute Gasteiger partial charge is 0.480 e. The van der Waals surface area contributed by atoms with Crippen molar-refractivity contribution in [3.8, 4) is 0 Å². The predicted molar refractivity (Wildman–Crippen MR) is 63.4 cm³/mol. The molecule has 0 radical (unpaired) electrons. The summed E-state index contributed by atoms with van der Waals surface area (Å²) in [6, 6.07) is 0.348. The van der Waals surface area contributed by atoms with E-state index in [0.717, 1.165) is 19.4 Å². The molecule has 0 bridgehead atoms. The Hall–Kier alpha value is -0.570. The summed E-state index contributed by atoms with van der Waals surface area (Å²) >= 11 is 0. The predicted octanol–water partition coefficient (Wildman–Crippen LogP) is 2.50. The molecule has 92 valence electrons. The molecule has 0 aromatic rings. The number of piperidine rings is 1. The van der Waals surface area contributed by atoms with E-state index in [9.17, 15) is 9.90 Å². The van der Waals surface area contributed by atoms with Crippen LogP contribution in [0.25, 0.3) is 0 Å². The van der Waals surface area contributed by atoms with Gasteiger partial charge in [-0.25, -0.2) is 0 Å². The van der Waals surface area contributed by atoms with Crippen LogP contribution in [0.5, 0.6) is 0 Å². The van der Waals surface area contributed by atoms with Crippen LogP contribution in [0.4, 0.5) is 0 Å². The molecule has 16 heavy (non-hydrogen) atoms. The zero-order valence-electron chi connectivity index (χ0n) is 10.2. The Morgan fingerprint density at radius 3 is 2.56 bits per heavy atom. The van der Waals surface area contributed by atoms with Gasteiger partial charge in [-0.05, 0) is 38.1 Å². The van der Waals surface area contributed by atoms with Gasteiger partial charge >= 0.3 is 5.97 Å². The van der Waals surface area contributed by atoms with Gasteiger partial charge in [-0.15, -0.1) is 0 Å². The molecule has 3 heteroatoms. The zero-order chi connectivity index (χ0) is 11.5. The van der Waals surface area contributed by atoms with Crippen LogP contribution in [0.1, 0.15) is 51.9 Å². The monoisotopic (exact) mass is 225 g/mol. The quantitative estimate of drug-likeness (QED) is 0.802. The van der Waals surface area contributed by atoms with Crippen molar-refractivity contribution < 1.29 is 9.90 Å². The van der Waals surface area contributed by atoms with Crippen LogP contribution in [0, 0.1) is 5.92 Å². The van der Waals surface area contributed by atoms with Crippen molar-refractivity contribution in [2.75, 3.05) is 6.54 Å². The van der Waals surface area contributed by atoms with Gasteiger partial charge in [0.1, 0.15) is 6.04 Å². The second-order valence-electron chi connectivity index (χ2n) is 5.33. The van der Waals surface area contributed by atoms with Gasteiger partial charge in [-0.3, -0.25) is 9.69 Å². The Bertz CT molecular complexity index is 248. The van der Waals surface area contributed by atoms with Gasteiger partial charge in [-0.2, -0.15) is 0 Å². The number of aliphatic carboxylic acids is 1. The van der Waals surface area contributed by atoms with Crippen molar-refractivity contribution in [2.24, 2.45) is 5.92 Å². The molecular weight excluding hydrogens is 202 g/mol. The minimum atomic E-state index is -0.606. The van der Waals surface area contributed by atoms with Crippen molar-refractivity contribution in [1.29, 1.82) is 0 Å². The molecule has 1 saturated heterocycles. The SMILES string of the molecule is CCC1CCN(C2CCCC2)C(C(=O)O)C1. The molecule has 0 amide bonds. The molecule has 2 unspecified atom stereocenters. The Balaban J connectivity index is 2.02. The number of nitrogens with zero attached hydrogens (tertiary/aromatic N) is 1. The Morgan fingerprint density at radius 1 is 1.31 bits per heavy atom. The van der Waals surface area contributed by atoms with Gasteiger partial charge < -0.3 is 5.11 Å². The van der Waals surface area contributed by atoms with Gasteiger partial charge in [0.15, 0.2) is 0 Å². The fourth-order valence-electron chi connectivity index (χ4n) is 3.34. The van der Waals surface area contributed by atoms with Crippen molar-refractivity contribution >= 4 is 5.97 Å². The summed E-state index contributed by atoms with van der Waals surface area (Å²) in [4.78, 5) is 13.6. The first-order valence-corrected chi connectivity index (χ1v) is 6.71. The van der Waals surface area contributed by atoms with E-state index in [1.807, 2.05) is 0 Å². The van der Waals surface area contributed by atoms with Gasteiger partial charge in [0.25, 0.3) is 0 Å². The smallest absolute Gasteiger partial charge is 0.320 e. The van der Waals surface area contributed by atoms with Crippen molar-refractivity contribution in [2.45, 2.75) is 64.0 Å². The molecule has 2 rings (SSSR count). The van der Waals surface area contributed by atoms with Crippen molar-refractivity contribution in [3.05, 3.63) is 0 Å². The summed E-state index contributed by atoms with van der Waals surface area (Å²) < 4.78 is 0. The Kier molecular flexibility index (Phi) is 3.85. The highest BCUT2D eigenvalue weighted by Crippen LogP contribution is 2.32. The number of hydrogen-bond donors (Lipinski definition) is 1. The molecule has 2 atom stereocenters. The molecule has 2 aliphatic rings. The third-order valence-electron chi connectivity index (χ3n) is 4.41. The second kappa shape index (κ2) is 5.17. The molecule has 1 saturated carbocycles. The van der Waals surface area contributed by atoms with Crippen LogP contribution in [-0.2, 0) is 4.79 Å². The highest BCUT2D eigenvalue weighted by Gasteiger charge is 2.37. The minimum absolute atomic E-state index is 0.207. The van der Waals surface area contributed by atoms with E-state index in [2.05, 4.69) is 11.8 Å². The topological polar surface area (TPSA) is 40.5 Å². The summed E-state index contributed by atoms with van der Waals surface area (Å²) in [7, 11) is 0. The van der Waals surface area contributed by atoms with Crippen LogP contribution in [-0.4, -0.2) is 34.6 Å². The summed E-state index contributed by atoms with van der Waals surface area (Å²) in [5.74, 6) is 0.0174. The number of hydrogen-bond acceptors (Lipinski definition) is 2. The first-order chi connectivity index (χ1) is 7.72. The average molecular weight is 225 g/mol. The number of carboxylic acids is 1. The average Bonchev–Trinajstić information content (AvgIpc) is 2.81. The standard InChI is InChI=1S/C13H23NO2/c1-2-10-7-8-14(11-5-3-4-6-11)12(9-10)13(15)16/h10-12H,2-9H2,1H3,(H,15,16). The van der Waals surface area contributed by atoms with Crippen LogP contribution >= 0.6 is 0 Å². The minimum Gasteiger partial charge on any atom is -0.480 e.